The highest BCUT2D eigenvalue weighted by atomic mass is 32.1. The molecular formula is C25H23F5N4O3S. The summed E-state index contributed by atoms with van der Waals surface area (Å²) in [6, 6.07) is 4.90. The molecule has 1 aromatic heterocycles. The van der Waals surface area contributed by atoms with E-state index in [2.05, 4.69) is 4.98 Å². The number of fused-ring (bicyclic) bond motifs is 1. The van der Waals surface area contributed by atoms with Gasteiger partial charge in [-0.25, -0.2) is 8.78 Å². The zero-order valence-electron chi connectivity index (χ0n) is 20.1. The summed E-state index contributed by atoms with van der Waals surface area (Å²) in [6.07, 6.45) is -1.63. The molecule has 38 heavy (non-hydrogen) atoms. The predicted molar refractivity (Wildman–Crippen MR) is 132 cm³/mol. The number of nitrogens with zero attached hydrogens (tertiary/aromatic N) is 4. The Morgan fingerprint density at radius 1 is 1.03 bits per heavy atom. The quantitative estimate of drug-likeness (QED) is 0.232. The number of nitro benzene ring substituents is 1. The Balaban J connectivity index is 1.30. The van der Waals surface area contributed by atoms with E-state index in [9.17, 15) is 36.9 Å². The number of rotatable bonds is 4. The van der Waals surface area contributed by atoms with Crippen LogP contribution in [-0.4, -0.2) is 41.0 Å². The highest BCUT2D eigenvalue weighted by molar-refractivity contribution is 7.22. The van der Waals surface area contributed by atoms with Crippen molar-refractivity contribution in [2.24, 2.45) is 5.41 Å². The molecule has 0 amide bonds. The first-order chi connectivity index (χ1) is 18.0. The first-order valence-corrected chi connectivity index (χ1v) is 12.9. The maximum absolute atomic E-state index is 14.0. The van der Waals surface area contributed by atoms with Crippen LogP contribution in [0.2, 0.25) is 0 Å². The van der Waals surface area contributed by atoms with Crippen LogP contribution in [0.15, 0.2) is 35.1 Å². The fourth-order valence-electron chi connectivity index (χ4n) is 5.34. The number of non-ortho nitro benzene ring substituents is 1. The van der Waals surface area contributed by atoms with E-state index in [-0.39, 0.29) is 27.4 Å². The third-order valence-corrected chi connectivity index (χ3v) is 8.83. The zero-order chi connectivity index (χ0) is 27.2. The number of aromatic nitrogens is 1. The number of nitro groups is 1. The van der Waals surface area contributed by atoms with E-state index in [4.69, 9.17) is 0 Å². The largest absolute Gasteiger partial charge is 0.416 e. The number of likely N-dealkylation sites (tertiary alicyclic amines) is 1. The maximum Gasteiger partial charge on any atom is 0.416 e. The van der Waals surface area contributed by atoms with Crippen molar-refractivity contribution in [2.75, 3.05) is 31.1 Å². The van der Waals surface area contributed by atoms with Gasteiger partial charge in [-0.05, 0) is 62.4 Å². The second kappa shape index (κ2) is 9.84. The minimum atomic E-state index is -4.84. The monoisotopic (exact) mass is 554 g/mol. The van der Waals surface area contributed by atoms with Gasteiger partial charge in [-0.15, -0.1) is 0 Å². The van der Waals surface area contributed by atoms with Gasteiger partial charge in [0, 0.05) is 31.3 Å². The Bertz CT molecular complexity index is 1420. The van der Waals surface area contributed by atoms with Crippen molar-refractivity contribution in [3.05, 3.63) is 73.6 Å². The fourth-order valence-corrected chi connectivity index (χ4v) is 6.46. The number of piperidine rings is 2. The van der Waals surface area contributed by atoms with Gasteiger partial charge >= 0.3 is 6.18 Å². The molecule has 2 aliphatic rings. The van der Waals surface area contributed by atoms with Crippen molar-refractivity contribution in [1.82, 2.24) is 9.88 Å². The second-order valence-corrected chi connectivity index (χ2v) is 10.9. The average Bonchev–Trinajstić information content (AvgIpc) is 2.87. The molecule has 0 saturated carbocycles. The van der Waals surface area contributed by atoms with E-state index in [0.29, 0.717) is 38.3 Å². The number of anilines is 1. The van der Waals surface area contributed by atoms with Crippen molar-refractivity contribution in [2.45, 2.75) is 38.4 Å². The number of hydrogen-bond donors (Lipinski definition) is 0. The first kappa shape index (κ1) is 26.4. The van der Waals surface area contributed by atoms with Gasteiger partial charge in [0.15, 0.2) is 5.13 Å². The lowest BCUT2D eigenvalue weighted by Gasteiger charge is -2.47. The summed E-state index contributed by atoms with van der Waals surface area (Å²) < 4.78 is 67.6. The number of benzene rings is 2. The van der Waals surface area contributed by atoms with Gasteiger partial charge in [0.1, 0.15) is 16.3 Å². The van der Waals surface area contributed by atoms with Gasteiger partial charge in [0.25, 0.3) is 11.2 Å². The van der Waals surface area contributed by atoms with Gasteiger partial charge in [-0.1, -0.05) is 17.4 Å². The molecule has 0 radical (unpaired) electrons. The minimum Gasteiger partial charge on any atom is -0.348 e. The molecule has 2 aliphatic heterocycles. The van der Waals surface area contributed by atoms with Gasteiger partial charge in [0.2, 0.25) is 0 Å². The number of halogens is 5. The summed E-state index contributed by atoms with van der Waals surface area (Å²) in [5, 5.41) is 11.4. The summed E-state index contributed by atoms with van der Waals surface area (Å²) in [6.45, 7) is 2.63. The van der Waals surface area contributed by atoms with E-state index < -0.39 is 44.9 Å². The van der Waals surface area contributed by atoms with Crippen LogP contribution < -0.4 is 10.5 Å². The van der Waals surface area contributed by atoms with Crippen molar-refractivity contribution < 1.29 is 26.9 Å². The lowest BCUT2D eigenvalue weighted by Crippen LogP contribution is -2.47. The summed E-state index contributed by atoms with van der Waals surface area (Å²) >= 11 is 0.848. The van der Waals surface area contributed by atoms with Gasteiger partial charge in [-0.2, -0.15) is 18.2 Å². The topological polar surface area (TPSA) is 79.6 Å². The Labute approximate surface area is 217 Å². The highest BCUT2D eigenvalue weighted by Gasteiger charge is 2.39. The molecule has 2 fully saturated rings. The van der Waals surface area contributed by atoms with Crippen LogP contribution in [0.25, 0.3) is 10.1 Å². The molecule has 13 heteroatoms. The number of alkyl halides is 3. The molecule has 2 aromatic carbocycles. The molecule has 0 N–H and O–H groups in total. The van der Waals surface area contributed by atoms with Crippen molar-refractivity contribution in [1.29, 1.82) is 0 Å². The molecule has 3 heterocycles. The Kier molecular flexibility index (Phi) is 6.84. The Hall–Kier alpha value is -3.19. The summed E-state index contributed by atoms with van der Waals surface area (Å²) in [5.74, 6) is -1.12. The van der Waals surface area contributed by atoms with Crippen LogP contribution in [0.5, 0.6) is 0 Å². The van der Waals surface area contributed by atoms with Crippen molar-refractivity contribution in [3.63, 3.8) is 0 Å². The fraction of sp³-hybridized carbons (Fsp3) is 0.440. The van der Waals surface area contributed by atoms with E-state index in [1.807, 2.05) is 9.80 Å². The van der Waals surface area contributed by atoms with E-state index in [1.165, 1.54) is 18.2 Å². The smallest absolute Gasteiger partial charge is 0.348 e. The van der Waals surface area contributed by atoms with Crippen molar-refractivity contribution >= 4 is 32.2 Å². The lowest BCUT2D eigenvalue weighted by atomic mass is 9.71. The van der Waals surface area contributed by atoms with E-state index >= 15 is 0 Å². The van der Waals surface area contributed by atoms with Crippen LogP contribution in [-0.2, 0) is 12.7 Å². The van der Waals surface area contributed by atoms with Gasteiger partial charge < -0.3 is 4.90 Å². The highest BCUT2D eigenvalue weighted by Crippen LogP contribution is 2.44. The summed E-state index contributed by atoms with van der Waals surface area (Å²) in [4.78, 5) is 31.1. The molecule has 0 atom stereocenters. The predicted octanol–water partition coefficient (Wildman–Crippen LogP) is 5.74. The normalized spacial score (nSPS) is 18.3. The molecule has 7 nitrogen and oxygen atoms in total. The number of hydrogen-bond acceptors (Lipinski definition) is 7. The Morgan fingerprint density at radius 2 is 1.63 bits per heavy atom. The minimum absolute atomic E-state index is 0.0240. The molecule has 202 valence electrons. The van der Waals surface area contributed by atoms with E-state index in [0.717, 1.165) is 37.0 Å². The van der Waals surface area contributed by atoms with E-state index in [1.54, 1.807) is 0 Å². The molecule has 0 bridgehead atoms. The van der Waals surface area contributed by atoms with Gasteiger partial charge in [0.05, 0.1) is 15.9 Å². The summed E-state index contributed by atoms with van der Waals surface area (Å²) in [5.41, 5.74) is -2.88. The third kappa shape index (κ3) is 5.08. The average molecular weight is 555 g/mol. The van der Waals surface area contributed by atoms with Crippen LogP contribution >= 0.6 is 11.3 Å². The molecule has 1 spiro atoms. The standard InChI is InChI=1S/C25H23F5N4O3S/c26-18-2-1-3-19(27)17(18)14-32-8-4-24(5-9-32)6-10-33(11-7-24)23-31-22(35)16-12-15(25(28,29)30)13-20(34(36)37)21(16)38-23/h1-3,12-13H,4-11,14H2. The van der Waals surface area contributed by atoms with Crippen LogP contribution in [0.3, 0.4) is 0 Å². The third-order valence-electron chi connectivity index (χ3n) is 7.67. The molecule has 2 saturated heterocycles. The second-order valence-electron chi connectivity index (χ2n) is 9.89. The first-order valence-electron chi connectivity index (χ1n) is 12.1. The molecule has 5 rings (SSSR count). The van der Waals surface area contributed by atoms with Crippen LogP contribution in [0.4, 0.5) is 32.8 Å². The summed E-state index contributed by atoms with van der Waals surface area (Å²) in [7, 11) is 0. The zero-order valence-corrected chi connectivity index (χ0v) is 20.9. The van der Waals surface area contributed by atoms with Crippen LogP contribution in [0, 0.1) is 27.2 Å². The SMILES string of the molecule is O=c1nc(N2CCC3(CCN(Cc4c(F)cccc4F)CC3)CC2)sc2c([N+](=O)[O-])cc(C(F)(F)F)cc12. The molecular weight excluding hydrogens is 531 g/mol. The Morgan fingerprint density at radius 3 is 2.21 bits per heavy atom. The van der Waals surface area contributed by atoms with Crippen molar-refractivity contribution in [3.8, 4) is 0 Å². The maximum atomic E-state index is 14.0. The molecule has 0 unspecified atom stereocenters. The lowest BCUT2D eigenvalue weighted by molar-refractivity contribution is -0.383. The molecule has 3 aromatic rings. The van der Waals surface area contributed by atoms with Crippen LogP contribution in [0.1, 0.15) is 36.8 Å². The van der Waals surface area contributed by atoms with Gasteiger partial charge in [-0.3, -0.25) is 19.8 Å². The molecule has 0 aliphatic carbocycles.